The molecule has 1 amide bonds. The van der Waals surface area contributed by atoms with Crippen LogP contribution < -0.4 is 5.32 Å². The molecule has 0 atom stereocenters. The maximum Gasteiger partial charge on any atom is 0.256 e. The van der Waals surface area contributed by atoms with Gasteiger partial charge in [0.15, 0.2) is 0 Å². The Bertz CT molecular complexity index is 581. The highest BCUT2D eigenvalue weighted by molar-refractivity contribution is 14.1. The van der Waals surface area contributed by atoms with Crippen molar-refractivity contribution in [1.29, 1.82) is 0 Å². The molecule has 0 bridgehead atoms. The SMILES string of the molecule is Cc1cc(C)c(NC(=O)c2csc(I)c2)c(C)c1. The number of hydrogen-bond acceptors (Lipinski definition) is 2. The van der Waals surface area contributed by atoms with E-state index >= 15 is 0 Å². The molecule has 4 heteroatoms. The molecule has 0 fully saturated rings. The zero-order valence-electron chi connectivity index (χ0n) is 10.5. The van der Waals surface area contributed by atoms with Crippen molar-refractivity contribution in [2.75, 3.05) is 5.32 Å². The molecule has 0 saturated heterocycles. The summed E-state index contributed by atoms with van der Waals surface area (Å²) < 4.78 is 1.12. The average molecular weight is 371 g/mol. The van der Waals surface area contributed by atoms with Gasteiger partial charge in [0.2, 0.25) is 0 Å². The Morgan fingerprint density at radius 3 is 2.28 bits per heavy atom. The number of rotatable bonds is 2. The van der Waals surface area contributed by atoms with Crippen LogP contribution in [-0.4, -0.2) is 5.91 Å². The summed E-state index contributed by atoms with van der Waals surface area (Å²) in [6.45, 7) is 6.10. The van der Waals surface area contributed by atoms with Crippen molar-refractivity contribution in [3.05, 3.63) is 48.7 Å². The number of benzene rings is 1. The van der Waals surface area contributed by atoms with Gasteiger partial charge in [0, 0.05) is 11.1 Å². The minimum atomic E-state index is -0.0378. The number of anilines is 1. The van der Waals surface area contributed by atoms with E-state index in [-0.39, 0.29) is 5.91 Å². The highest BCUT2D eigenvalue weighted by Crippen LogP contribution is 2.24. The number of carbonyl (C=O) groups is 1. The number of aryl methyl sites for hydroxylation is 3. The number of nitrogens with one attached hydrogen (secondary N) is 1. The maximum absolute atomic E-state index is 12.1. The second kappa shape index (κ2) is 5.40. The summed E-state index contributed by atoms with van der Waals surface area (Å²) in [4.78, 5) is 12.1. The van der Waals surface area contributed by atoms with Crippen molar-refractivity contribution in [3.63, 3.8) is 0 Å². The van der Waals surface area contributed by atoms with Crippen molar-refractivity contribution in [1.82, 2.24) is 0 Å². The van der Waals surface area contributed by atoms with Gasteiger partial charge in [-0.1, -0.05) is 17.7 Å². The number of halogens is 1. The number of amides is 1. The summed E-state index contributed by atoms with van der Waals surface area (Å²) in [6.07, 6.45) is 0. The number of thiophene rings is 1. The lowest BCUT2D eigenvalue weighted by molar-refractivity contribution is 0.102. The van der Waals surface area contributed by atoms with Gasteiger partial charge in [0.1, 0.15) is 0 Å². The minimum Gasteiger partial charge on any atom is -0.321 e. The van der Waals surface area contributed by atoms with E-state index in [1.54, 1.807) is 11.3 Å². The van der Waals surface area contributed by atoms with Crippen LogP contribution in [0, 0.1) is 23.7 Å². The molecule has 94 valence electrons. The van der Waals surface area contributed by atoms with Gasteiger partial charge in [0.05, 0.1) is 8.45 Å². The van der Waals surface area contributed by atoms with Crippen LogP contribution in [0.5, 0.6) is 0 Å². The molecule has 1 N–H and O–H groups in total. The second-order valence-corrected chi connectivity index (χ2v) is 7.17. The Labute approximate surface area is 125 Å². The van der Waals surface area contributed by atoms with Gasteiger partial charge in [-0.05, 0) is 60.6 Å². The van der Waals surface area contributed by atoms with Crippen molar-refractivity contribution < 1.29 is 4.79 Å². The molecule has 18 heavy (non-hydrogen) atoms. The molecule has 2 rings (SSSR count). The van der Waals surface area contributed by atoms with Gasteiger partial charge >= 0.3 is 0 Å². The molecular weight excluding hydrogens is 357 g/mol. The van der Waals surface area contributed by atoms with Crippen molar-refractivity contribution in [3.8, 4) is 0 Å². The van der Waals surface area contributed by atoms with Gasteiger partial charge in [-0.2, -0.15) is 0 Å². The Morgan fingerprint density at radius 1 is 1.17 bits per heavy atom. The molecule has 0 aliphatic carbocycles. The van der Waals surface area contributed by atoms with E-state index in [1.807, 2.05) is 25.3 Å². The Balaban J connectivity index is 2.27. The number of hydrogen-bond donors (Lipinski definition) is 1. The normalized spacial score (nSPS) is 10.4. The first-order valence-corrected chi connectivity index (χ1v) is 7.56. The summed E-state index contributed by atoms with van der Waals surface area (Å²) in [6, 6.07) is 6.07. The van der Waals surface area contributed by atoms with Crippen molar-refractivity contribution in [2.24, 2.45) is 0 Å². The fourth-order valence-electron chi connectivity index (χ4n) is 1.99. The highest BCUT2D eigenvalue weighted by Gasteiger charge is 2.11. The Hall–Kier alpha value is -0.880. The van der Waals surface area contributed by atoms with E-state index in [2.05, 4.69) is 47.0 Å². The van der Waals surface area contributed by atoms with Gasteiger partial charge in [-0.15, -0.1) is 11.3 Å². The smallest absolute Gasteiger partial charge is 0.256 e. The third-order valence-electron chi connectivity index (χ3n) is 2.75. The van der Waals surface area contributed by atoms with Gasteiger partial charge in [0.25, 0.3) is 5.91 Å². The van der Waals surface area contributed by atoms with Crippen LogP contribution in [0.3, 0.4) is 0 Å². The third-order valence-corrected chi connectivity index (χ3v) is 4.53. The molecule has 0 saturated carbocycles. The first-order chi connectivity index (χ1) is 8.47. The minimum absolute atomic E-state index is 0.0378. The largest absolute Gasteiger partial charge is 0.321 e. The lowest BCUT2D eigenvalue weighted by Crippen LogP contribution is -2.13. The quantitative estimate of drug-likeness (QED) is 0.773. The first-order valence-electron chi connectivity index (χ1n) is 5.60. The second-order valence-electron chi connectivity index (χ2n) is 4.37. The molecule has 1 heterocycles. The fourth-order valence-corrected chi connectivity index (χ4v) is 3.32. The van der Waals surface area contributed by atoms with Gasteiger partial charge in [-0.25, -0.2) is 0 Å². The van der Waals surface area contributed by atoms with E-state index in [0.717, 1.165) is 25.3 Å². The van der Waals surface area contributed by atoms with Gasteiger partial charge in [-0.3, -0.25) is 4.79 Å². The van der Waals surface area contributed by atoms with Crippen LogP contribution in [0.4, 0.5) is 5.69 Å². The Morgan fingerprint density at radius 2 is 1.78 bits per heavy atom. The molecular formula is C14H14INOS. The molecule has 0 spiro atoms. The van der Waals surface area contributed by atoms with E-state index in [1.165, 1.54) is 5.56 Å². The molecule has 2 nitrogen and oxygen atoms in total. The summed E-state index contributed by atoms with van der Waals surface area (Å²) >= 11 is 3.80. The molecule has 0 aliphatic rings. The van der Waals surface area contributed by atoms with Gasteiger partial charge < -0.3 is 5.32 Å². The Kier molecular flexibility index (Phi) is 4.07. The van der Waals surface area contributed by atoms with Crippen LogP contribution in [0.1, 0.15) is 27.0 Å². The molecule has 0 aliphatic heterocycles. The predicted molar refractivity (Wildman–Crippen MR) is 85.6 cm³/mol. The summed E-state index contributed by atoms with van der Waals surface area (Å²) in [7, 11) is 0. The van der Waals surface area contributed by atoms with E-state index in [4.69, 9.17) is 0 Å². The summed E-state index contributed by atoms with van der Waals surface area (Å²) in [5.74, 6) is -0.0378. The fraction of sp³-hybridized carbons (Fsp3) is 0.214. The van der Waals surface area contributed by atoms with Crippen LogP contribution in [0.25, 0.3) is 0 Å². The van der Waals surface area contributed by atoms with Crippen molar-refractivity contribution >= 4 is 45.5 Å². The summed E-state index contributed by atoms with van der Waals surface area (Å²) in [5, 5.41) is 4.88. The third kappa shape index (κ3) is 2.92. The van der Waals surface area contributed by atoms with E-state index in [0.29, 0.717) is 0 Å². The molecule has 2 aromatic rings. The zero-order valence-corrected chi connectivity index (χ0v) is 13.5. The first kappa shape index (κ1) is 13.5. The molecule has 1 aromatic carbocycles. The van der Waals surface area contributed by atoms with Crippen molar-refractivity contribution in [2.45, 2.75) is 20.8 Å². The van der Waals surface area contributed by atoms with Crippen LogP contribution in [0.15, 0.2) is 23.6 Å². The van der Waals surface area contributed by atoms with Crippen LogP contribution in [-0.2, 0) is 0 Å². The van der Waals surface area contributed by atoms with Crippen LogP contribution >= 0.6 is 33.9 Å². The zero-order chi connectivity index (χ0) is 13.3. The molecule has 1 aromatic heterocycles. The highest BCUT2D eigenvalue weighted by atomic mass is 127. The monoisotopic (exact) mass is 371 g/mol. The lowest BCUT2D eigenvalue weighted by Gasteiger charge is -2.12. The number of carbonyl (C=O) groups excluding carboxylic acids is 1. The van der Waals surface area contributed by atoms with E-state index in [9.17, 15) is 4.79 Å². The molecule has 0 unspecified atom stereocenters. The predicted octanol–water partition coefficient (Wildman–Crippen LogP) is 4.53. The molecule has 0 radical (unpaired) electrons. The standard InChI is InChI=1S/C14H14INOS/c1-8-4-9(2)13(10(3)5-8)16-14(17)11-6-12(15)18-7-11/h4-7H,1-3H3,(H,16,17). The summed E-state index contributed by atoms with van der Waals surface area (Å²) in [5.41, 5.74) is 5.07. The van der Waals surface area contributed by atoms with Crippen LogP contribution in [0.2, 0.25) is 0 Å². The average Bonchev–Trinajstić information content (AvgIpc) is 2.70. The topological polar surface area (TPSA) is 29.1 Å². The lowest BCUT2D eigenvalue weighted by atomic mass is 10.0. The maximum atomic E-state index is 12.1. The van der Waals surface area contributed by atoms with E-state index < -0.39 is 0 Å².